The number of primary amides is 1. The topological polar surface area (TPSA) is 113 Å². The highest BCUT2D eigenvalue weighted by atomic mass is 127. The number of anilines is 1. The van der Waals surface area contributed by atoms with Crippen LogP contribution in [0.25, 0.3) is 0 Å². The number of carboxylic acid groups (broad SMARTS) is 1. The molecule has 0 radical (unpaired) electrons. The van der Waals surface area contributed by atoms with Crippen molar-refractivity contribution in [3.05, 3.63) is 27.8 Å². The number of benzene rings is 1. The van der Waals surface area contributed by atoms with Gasteiger partial charge in [-0.15, -0.1) is 0 Å². The molecule has 0 unspecified atom stereocenters. The van der Waals surface area contributed by atoms with Gasteiger partial charge in [0.05, 0.1) is 5.69 Å². The molecule has 7 nitrogen and oxygen atoms in total. The number of carboxylic acids is 1. The molecule has 8 heteroatoms. The molecule has 0 aliphatic rings. The molecule has 4 N–H and O–H groups in total. The summed E-state index contributed by atoms with van der Waals surface area (Å²) in [5.74, 6) is -2.00. The summed E-state index contributed by atoms with van der Waals surface area (Å²) < 4.78 is 0.794. The Morgan fingerprint density at radius 3 is 2.42 bits per heavy atom. The third kappa shape index (κ3) is 5.12. The van der Waals surface area contributed by atoms with Gasteiger partial charge in [0.2, 0.25) is 5.91 Å². The average Bonchev–Trinajstić information content (AvgIpc) is 2.30. The van der Waals surface area contributed by atoms with Gasteiger partial charge in [0.25, 0.3) is 0 Å². The molecule has 0 aliphatic carbocycles. The molecule has 1 rings (SSSR count). The van der Waals surface area contributed by atoms with Crippen LogP contribution in [0.2, 0.25) is 0 Å². The van der Waals surface area contributed by atoms with Crippen LogP contribution in [0.4, 0.5) is 10.5 Å². The van der Waals surface area contributed by atoms with Gasteiger partial charge in [0, 0.05) is 3.57 Å². The Hall–Kier alpha value is -1.84. The predicted molar refractivity (Wildman–Crippen MR) is 76.6 cm³/mol. The van der Waals surface area contributed by atoms with Gasteiger partial charge in [-0.2, -0.15) is 0 Å². The van der Waals surface area contributed by atoms with E-state index in [1.807, 2.05) is 22.6 Å². The van der Waals surface area contributed by atoms with Crippen molar-refractivity contribution in [3.8, 4) is 0 Å². The van der Waals surface area contributed by atoms with Crippen molar-refractivity contribution in [2.45, 2.75) is 0 Å². The smallest absolute Gasteiger partial charge is 0.323 e. The molecule has 0 bridgehead atoms. The van der Waals surface area contributed by atoms with Crippen LogP contribution in [-0.2, 0) is 9.59 Å². The number of carbonyl (C=O) groups excluding carboxylic acids is 2. The lowest BCUT2D eigenvalue weighted by molar-refractivity contribution is -0.137. The number of aliphatic carboxylic acids is 1. The number of hydrogen-bond acceptors (Lipinski definition) is 3. The van der Waals surface area contributed by atoms with Crippen molar-refractivity contribution in [1.82, 2.24) is 4.90 Å². The first-order valence-corrected chi connectivity index (χ1v) is 6.28. The molecule has 0 fully saturated rings. The Labute approximate surface area is 122 Å². The number of carbonyl (C=O) groups is 3. The number of nitrogens with two attached hydrogens (primary N) is 1. The molecule has 1 aromatic rings. The van der Waals surface area contributed by atoms with Gasteiger partial charge in [-0.1, -0.05) is 12.1 Å². The van der Waals surface area contributed by atoms with Crippen LogP contribution in [0.5, 0.6) is 0 Å². The largest absolute Gasteiger partial charge is 0.480 e. The first-order chi connectivity index (χ1) is 8.90. The Morgan fingerprint density at radius 1 is 1.26 bits per heavy atom. The third-order valence-corrected chi connectivity index (χ3v) is 3.02. The van der Waals surface area contributed by atoms with E-state index in [9.17, 15) is 14.4 Å². The third-order valence-electron chi connectivity index (χ3n) is 2.08. The lowest BCUT2D eigenvalue weighted by atomic mass is 10.3. The zero-order valence-electron chi connectivity index (χ0n) is 9.80. The van der Waals surface area contributed by atoms with E-state index in [1.54, 1.807) is 24.3 Å². The highest BCUT2D eigenvalue weighted by Gasteiger charge is 2.19. The maximum absolute atomic E-state index is 11.9. The lowest BCUT2D eigenvalue weighted by Gasteiger charge is -2.19. The standard InChI is InChI=1S/C11H12IN3O4/c12-7-3-1-2-4-8(7)14-11(19)15(5-9(13)16)6-10(17)18/h1-4H,5-6H2,(H2,13,16)(H,14,19)(H,17,18). The van der Waals surface area contributed by atoms with E-state index in [4.69, 9.17) is 10.8 Å². The van der Waals surface area contributed by atoms with Crippen molar-refractivity contribution < 1.29 is 19.5 Å². The molecule has 19 heavy (non-hydrogen) atoms. The first kappa shape index (κ1) is 15.2. The summed E-state index contributed by atoms with van der Waals surface area (Å²) >= 11 is 2.03. The van der Waals surface area contributed by atoms with Crippen LogP contribution in [-0.4, -0.2) is 41.0 Å². The van der Waals surface area contributed by atoms with Gasteiger partial charge in [-0.3, -0.25) is 9.59 Å². The molecular formula is C11H12IN3O4. The fraction of sp³-hybridized carbons (Fsp3) is 0.182. The van der Waals surface area contributed by atoms with E-state index in [2.05, 4.69) is 5.32 Å². The van der Waals surface area contributed by atoms with Crippen LogP contribution in [0.3, 0.4) is 0 Å². The van der Waals surface area contributed by atoms with E-state index >= 15 is 0 Å². The van der Waals surface area contributed by atoms with E-state index in [0.29, 0.717) is 5.69 Å². The molecule has 0 aliphatic heterocycles. The summed E-state index contributed by atoms with van der Waals surface area (Å²) in [6.07, 6.45) is 0. The Kier molecular flexibility index (Phi) is 5.55. The molecular weight excluding hydrogens is 365 g/mol. The number of rotatable bonds is 5. The van der Waals surface area contributed by atoms with Gasteiger partial charge >= 0.3 is 12.0 Å². The fourth-order valence-corrected chi connectivity index (χ4v) is 1.83. The van der Waals surface area contributed by atoms with E-state index in [1.165, 1.54) is 0 Å². The summed E-state index contributed by atoms with van der Waals surface area (Å²) in [5, 5.41) is 11.2. The number of urea groups is 1. The van der Waals surface area contributed by atoms with Gasteiger partial charge in [0.15, 0.2) is 0 Å². The number of hydrogen-bond donors (Lipinski definition) is 3. The molecule has 3 amide bonds. The predicted octanol–water partition coefficient (Wildman–Crippen LogP) is 0.695. The molecule has 1 aromatic carbocycles. The quantitative estimate of drug-likeness (QED) is 0.656. The lowest BCUT2D eigenvalue weighted by Crippen LogP contribution is -2.43. The summed E-state index contributed by atoms with van der Waals surface area (Å²) in [7, 11) is 0. The zero-order chi connectivity index (χ0) is 14.4. The maximum atomic E-state index is 11.9. The summed E-state index contributed by atoms with van der Waals surface area (Å²) in [4.78, 5) is 34.2. The van der Waals surface area contributed by atoms with Crippen molar-refractivity contribution >= 4 is 46.2 Å². The second-order valence-corrected chi connectivity index (χ2v) is 4.79. The van der Waals surface area contributed by atoms with Crippen molar-refractivity contribution in [1.29, 1.82) is 0 Å². The van der Waals surface area contributed by atoms with Gasteiger partial charge in [-0.25, -0.2) is 4.79 Å². The van der Waals surface area contributed by atoms with Crippen molar-refractivity contribution in [2.75, 3.05) is 18.4 Å². The normalized spacial score (nSPS) is 9.74. The van der Waals surface area contributed by atoms with Crippen LogP contribution >= 0.6 is 22.6 Å². The van der Waals surface area contributed by atoms with Gasteiger partial charge in [-0.05, 0) is 34.7 Å². The minimum absolute atomic E-state index is 0.457. The Balaban J connectivity index is 2.79. The second kappa shape index (κ2) is 6.92. The maximum Gasteiger partial charge on any atom is 0.323 e. The fourth-order valence-electron chi connectivity index (χ4n) is 1.31. The minimum atomic E-state index is -1.22. The average molecular weight is 377 g/mol. The highest BCUT2D eigenvalue weighted by Crippen LogP contribution is 2.17. The molecule has 0 spiro atoms. The zero-order valence-corrected chi connectivity index (χ0v) is 12.0. The van der Waals surface area contributed by atoms with E-state index < -0.39 is 31.0 Å². The molecule has 0 heterocycles. The SMILES string of the molecule is NC(=O)CN(CC(=O)O)C(=O)Nc1ccccc1I. The summed E-state index contributed by atoms with van der Waals surface area (Å²) in [6.45, 7) is -1.06. The van der Waals surface area contributed by atoms with Gasteiger partial charge < -0.3 is 21.1 Å². The van der Waals surface area contributed by atoms with Crippen LogP contribution in [0, 0.1) is 3.57 Å². The summed E-state index contributed by atoms with van der Waals surface area (Å²) in [6, 6.07) is 6.29. The number of para-hydroxylation sites is 1. The number of amides is 3. The Bertz CT molecular complexity index is 490. The second-order valence-electron chi connectivity index (χ2n) is 3.63. The number of nitrogens with one attached hydrogen (secondary N) is 1. The van der Waals surface area contributed by atoms with Crippen LogP contribution in [0.15, 0.2) is 24.3 Å². The van der Waals surface area contributed by atoms with Crippen LogP contribution < -0.4 is 11.1 Å². The molecule has 0 aromatic heterocycles. The van der Waals surface area contributed by atoms with E-state index in [0.717, 1.165) is 8.47 Å². The molecule has 102 valence electrons. The monoisotopic (exact) mass is 377 g/mol. The van der Waals surface area contributed by atoms with Crippen molar-refractivity contribution in [2.24, 2.45) is 5.73 Å². The number of halogens is 1. The summed E-state index contributed by atoms with van der Waals surface area (Å²) in [5.41, 5.74) is 5.51. The first-order valence-electron chi connectivity index (χ1n) is 5.20. The minimum Gasteiger partial charge on any atom is -0.480 e. The molecule has 0 saturated carbocycles. The molecule has 0 saturated heterocycles. The number of nitrogens with zero attached hydrogens (tertiary/aromatic N) is 1. The molecule has 0 atom stereocenters. The highest BCUT2D eigenvalue weighted by molar-refractivity contribution is 14.1. The van der Waals surface area contributed by atoms with Crippen molar-refractivity contribution in [3.63, 3.8) is 0 Å². The van der Waals surface area contributed by atoms with E-state index in [-0.39, 0.29) is 0 Å². The van der Waals surface area contributed by atoms with Crippen LogP contribution in [0.1, 0.15) is 0 Å². The Morgan fingerprint density at radius 2 is 1.89 bits per heavy atom. The van der Waals surface area contributed by atoms with Gasteiger partial charge in [0.1, 0.15) is 13.1 Å².